The molecule has 0 bridgehead atoms. The molecule has 0 fully saturated rings. The monoisotopic (exact) mass is 627 g/mol. The summed E-state index contributed by atoms with van der Waals surface area (Å²) in [5.41, 5.74) is 3.30. The highest BCUT2D eigenvalue weighted by molar-refractivity contribution is 7.90. The summed E-state index contributed by atoms with van der Waals surface area (Å²) in [6.07, 6.45) is 3.05. The number of Topliss-reactive ketones (excluding diaryl/α,β-unsaturated/α-hetero) is 1. The van der Waals surface area contributed by atoms with Crippen molar-refractivity contribution in [2.24, 2.45) is 5.92 Å². The highest BCUT2D eigenvalue weighted by Crippen LogP contribution is 2.36. The number of carbonyl (C=O) groups is 3. The Hall–Kier alpha value is -3.66. The summed E-state index contributed by atoms with van der Waals surface area (Å²) < 4.78 is 29.2. The lowest BCUT2D eigenvalue weighted by molar-refractivity contribution is -0.141. The van der Waals surface area contributed by atoms with Gasteiger partial charge in [0.2, 0.25) is 0 Å². The van der Waals surface area contributed by atoms with Crippen LogP contribution in [-0.2, 0) is 34.0 Å². The number of amides is 1. The Labute approximate surface area is 252 Å². The van der Waals surface area contributed by atoms with Crippen molar-refractivity contribution in [3.05, 3.63) is 98.7 Å². The van der Waals surface area contributed by atoms with Gasteiger partial charge in [-0.2, -0.15) is 0 Å². The first kappa shape index (κ1) is 29.8. The van der Waals surface area contributed by atoms with Gasteiger partial charge in [-0.3, -0.25) is 14.4 Å². The predicted octanol–water partition coefficient (Wildman–Crippen LogP) is 6.25. The van der Waals surface area contributed by atoms with Crippen LogP contribution in [0.4, 0.5) is 0 Å². The minimum Gasteiger partial charge on any atom is -0.481 e. The smallest absolute Gasteiger partial charge is 0.306 e. The van der Waals surface area contributed by atoms with E-state index >= 15 is 0 Å². The zero-order chi connectivity index (χ0) is 30.2. The number of nitrogens with zero attached hydrogens (tertiary/aromatic N) is 1. The molecule has 42 heavy (non-hydrogen) atoms. The maximum atomic E-state index is 13.3. The number of hydrogen-bond acceptors (Lipinski definition) is 6. The van der Waals surface area contributed by atoms with Crippen LogP contribution < -0.4 is 0 Å². The Bertz CT molecular complexity index is 1830. The first-order chi connectivity index (χ1) is 19.9. The van der Waals surface area contributed by atoms with Crippen molar-refractivity contribution in [2.45, 2.75) is 37.1 Å². The number of ketones is 1. The molecule has 5 rings (SSSR count). The van der Waals surface area contributed by atoms with Crippen LogP contribution in [0, 0.1) is 5.92 Å². The summed E-state index contributed by atoms with van der Waals surface area (Å²) in [5.74, 6) is -2.55. The fourth-order valence-electron chi connectivity index (χ4n) is 5.28. The molecule has 0 unspecified atom stereocenters. The molecule has 1 amide bonds. The fourth-order valence-corrected chi connectivity index (χ4v) is 6.78. The third-order valence-electron chi connectivity index (χ3n) is 7.55. The highest BCUT2D eigenvalue weighted by atomic mass is 35.5. The van der Waals surface area contributed by atoms with Crippen molar-refractivity contribution in [1.29, 1.82) is 0 Å². The molecule has 1 aliphatic rings. The van der Waals surface area contributed by atoms with Crippen LogP contribution in [0.25, 0.3) is 11.0 Å². The Morgan fingerprint density at radius 3 is 2.60 bits per heavy atom. The molecule has 1 aliphatic heterocycles. The maximum Gasteiger partial charge on any atom is 0.306 e. The number of carboxylic acids is 1. The van der Waals surface area contributed by atoms with Crippen LogP contribution in [0.2, 0.25) is 10.0 Å². The molecule has 1 N–H and O–H groups in total. The summed E-state index contributed by atoms with van der Waals surface area (Å²) in [4.78, 5) is 40.2. The number of sulfone groups is 1. The van der Waals surface area contributed by atoms with E-state index in [2.05, 4.69) is 0 Å². The molecular formula is C31H27Cl2NO7S. The minimum atomic E-state index is -3.45. The van der Waals surface area contributed by atoms with Crippen molar-refractivity contribution in [3.8, 4) is 0 Å². The minimum absolute atomic E-state index is 0.0172. The third kappa shape index (κ3) is 6.23. The molecule has 0 spiro atoms. The number of aliphatic carboxylic acids is 1. The van der Waals surface area contributed by atoms with E-state index in [1.54, 1.807) is 41.5 Å². The van der Waals surface area contributed by atoms with Crippen molar-refractivity contribution in [2.75, 3.05) is 12.8 Å². The van der Waals surface area contributed by atoms with Gasteiger partial charge in [-0.25, -0.2) is 8.42 Å². The molecule has 0 radical (unpaired) electrons. The van der Waals surface area contributed by atoms with Gasteiger partial charge in [-0.15, -0.1) is 0 Å². The first-order valence-electron chi connectivity index (χ1n) is 13.2. The van der Waals surface area contributed by atoms with Crippen LogP contribution in [0.3, 0.4) is 0 Å². The lowest BCUT2D eigenvalue weighted by atomic mass is 9.90. The van der Waals surface area contributed by atoms with Crippen LogP contribution in [0.5, 0.6) is 0 Å². The zero-order valence-electron chi connectivity index (χ0n) is 22.6. The van der Waals surface area contributed by atoms with E-state index < -0.39 is 21.7 Å². The first-order valence-corrected chi connectivity index (χ1v) is 15.9. The predicted molar refractivity (Wildman–Crippen MR) is 159 cm³/mol. The highest BCUT2D eigenvalue weighted by Gasteiger charge is 2.29. The van der Waals surface area contributed by atoms with Crippen LogP contribution in [0.15, 0.2) is 70.2 Å². The van der Waals surface area contributed by atoms with E-state index in [4.69, 9.17) is 27.6 Å². The Morgan fingerprint density at radius 1 is 1.07 bits per heavy atom. The quantitative estimate of drug-likeness (QED) is 0.218. The van der Waals surface area contributed by atoms with Crippen molar-refractivity contribution in [1.82, 2.24) is 4.90 Å². The van der Waals surface area contributed by atoms with Gasteiger partial charge >= 0.3 is 5.97 Å². The molecule has 3 aromatic carbocycles. The van der Waals surface area contributed by atoms with E-state index in [0.717, 1.165) is 22.8 Å². The second-order valence-electron chi connectivity index (χ2n) is 10.5. The van der Waals surface area contributed by atoms with Crippen molar-refractivity contribution in [3.63, 3.8) is 0 Å². The Morgan fingerprint density at radius 2 is 1.86 bits per heavy atom. The molecular weight excluding hydrogens is 601 g/mol. The molecule has 1 atom stereocenters. The van der Waals surface area contributed by atoms with Crippen LogP contribution in [0.1, 0.15) is 50.2 Å². The van der Waals surface area contributed by atoms with Gasteiger partial charge in [-0.05, 0) is 72.4 Å². The number of rotatable bonds is 9. The van der Waals surface area contributed by atoms with Crippen molar-refractivity contribution < 1.29 is 32.3 Å². The van der Waals surface area contributed by atoms with Gasteiger partial charge in [-0.1, -0.05) is 41.4 Å². The summed E-state index contributed by atoms with van der Waals surface area (Å²) >= 11 is 13.2. The van der Waals surface area contributed by atoms with Crippen LogP contribution in [-0.4, -0.2) is 48.9 Å². The number of carboxylic acid groups (broad SMARTS) is 1. The SMILES string of the molecule is CS(=O)(=O)c1cccc(C[C@H](CCC(=O)c2c(Cl)cc3c(c2Cl)CCN(C(=O)c2ccc4ccoc4c2)C3)C(=O)O)c1. The topological polar surface area (TPSA) is 122 Å². The van der Waals surface area contributed by atoms with Crippen LogP contribution >= 0.6 is 23.2 Å². The lowest BCUT2D eigenvalue weighted by Crippen LogP contribution is -2.36. The van der Waals surface area contributed by atoms with Crippen molar-refractivity contribution >= 4 is 61.7 Å². The zero-order valence-corrected chi connectivity index (χ0v) is 24.9. The average molecular weight is 629 g/mol. The number of fused-ring (bicyclic) bond motifs is 2. The number of furan rings is 1. The summed E-state index contributed by atoms with van der Waals surface area (Å²) in [5, 5.41) is 11.1. The summed E-state index contributed by atoms with van der Waals surface area (Å²) in [7, 11) is -3.45. The standard InChI is InChI=1S/C31H27Cl2NO7S/c1-42(39,40)23-4-2-3-18(14-23)13-21(31(37)38)7-8-26(35)28-25(32)15-22-17-34(11-9-24(22)29(28)33)30(36)20-6-5-19-10-12-41-27(19)16-20/h2-6,10,12,14-16,21H,7-9,11,13,17H2,1H3,(H,37,38)/t21-/m0/s1. The molecule has 2 heterocycles. The number of carbonyl (C=O) groups excluding carboxylic acids is 2. The third-order valence-corrected chi connectivity index (χ3v) is 9.38. The van der Waals surface area contributed by atoms with Gasteiger partial charge in [0, 0.05) is 36.7 Å². The van der Waals surface area contributed by atoms with E-state index in [0.29, 0.717) is 29.7 Å². The molecule has 0 saturated carbocycles. The second-order valence-corrected chi connectivity index (χ2v) is 13.3. The average Bonchev–Trinajstić information content (AvgIpc) is 3.42. The van der Waals surface area contributed by atoms with Gasteiger partial charge in [0.15, 0.2) is 15.6 Å². The number of benzene rings is 3. The van der Waals surface area contributed by atoms with Gasteiger partial charge < -0.3 is 14.4 Å². The largest absolute Gasteiger partial charge is 0.481 e. The number of hydrogen-bond donors (Lipinski definition) is 1. The second kappa shape index (κ2) is 11.9. The van der Waals surface area contributed by atoms with E-state index in [9.17, 15) is 27.9 Å². The van der Waals surface area contributed by atoms with E-state index in [-0.39, 0.29) is 58.0 Å². The summed E-state index contributed by atoms with van der Waals surface area (Å²) in [6, 6.07) is 14.9. The molecule has 8 nitrogen and oxygen atoms in total. The molecule has 0 aliphatic carbocycles. The molecule has 4 aromatic rings. The lowest BCUT2D eigenvalue weighted by Gasteiger charge is -2.30. The molecule has 218 valence electrons. The Kier molecular flexibility index (Phi) is 8.46. The molecule has 0 saturated heterocycles. The Balaban J connectivity index is 1.29. The molecule has 11 heteroatoms. The fraction of sp³-hybridized carbons (Fsp3) is 0.258. The van der Waals surface area contributed by atoms with E-state index in [1.165, 1.54) is 12.1 Å². The summed E-state index contributed by atoms with van der Waals surface area (Å²) in [6.45, 7) is 0.663. The number of halogens is 2. The van der Waals surface area contributed by atoms with Gasteiger partial charge in [0.05, 0.1) is 32.7 Å². The van der Waals surface area contributed by atoms with Gasteiger partial charge in [0.1, 0.15) is 5.58 Å². The normalized spacial score (nSPS) is 14.0. The van der Waals surface area contributed by atoms with E-state index in [1.807, 2.05) is 12.1 Å². The molecule has 1 aromatic heterocycles. The van der Waals surface area contributed by atoms with Gasteiger partial charge in [0.25, 0.3) is 5.91 Å². The maximum absolute atomic E-state index is 13.3.